The molecule has 1 aromatic heterocycles. The molecule has 0 aliphatic heterocycles. The first kappa shape index (κ1) is 17.9. The quantitative estimate of drug-likeness (QED) is 0.693. The topological polar surface area (TPSA) is 72.3 Å². The van der Waals surface area contributed by atoms with Crippen molar-refractivity contribution in [1.82, 2.24) is 14.7 Å². The molecule has 0 atom stereocenters. The number of rotatable bonds is 5. The molecule has 1 amide bonds. The van der Waals surface area contributed by atoms with Gasteiger partial charge in [0.25, 0.3) is 5.91 Å². The highest BCUT2D eigenvalue weighted by Gasteiger charge is 2.16. The summed E-state index contributed by atoms with van der Waals surface area (Å²) in [4.78, 5) is 14.3. The molecule has 3 aromatic rings. The second kappa shape index (κ2) is 7.13. The molecule has 0 unspecified atom stereocenters. The lowest BCUT2D eigenvalue weighted by Gasteiger charge is -2.16. The Labute approximate surface area is 152 Å². The lowest BCUT2D eigenvalue weighted by molar-refractivity contribution is 0.0785. The minimum Gasteiger partial charge on any atom is -0.337 e. The van der Waals surface area contributed by atoms with Crippen LogP contribution in [0.1, 0.15) is 15.9 Å². The minimum atomic E-state index is -3.35. The van der Waals surface area contributed by atoms with E-state index in [1.54, 1.807) is 30.1 Å². The molecule has 0 N–H and O–H groups in total. The summed E-state index contributed by atoms with van der Waals surface area (Å²) in [6.45, 7) is 0.370. The molecule has 0 fully saturated rings. The van der Waals surface area contributed by atoms with Crippen molar-refractivity contribution in [2.75, 3.05) is 13.3 Å². The van der Waals surface area contributed by atoms with Gasteiger partial charge in [0.2, 0.25) is 0 Å². The van der Waals surface area contributed by atoms with Crippen LogP contribution in [0.25, 0.3) is 5.69 Å². The zero-order chi connectivity index (χ0) is 18.7. The lowest BCUT2D eigenvalue weighted by atomic mass is 10.2. The van der Waals surface area contributed by atoms with Crippen LogP contribution in [0, 0.1) is 0 Å². The third kappa shape index (κ3) is 4.00. The number of hydrogen-bond donors (Lipinski definition) is 0. The van der Waals surface area contributed by atoms with E-state index in [1.165, 1.54) is 17.0 Å². The zero-order valence-corrected chi connectivity index (χ0v) is 15.3. The fourth-order valence-electron chi connectivity index (χ4n) is 2.59. The molecule has 0 spiro atoms. The highest BCUT2D eigenvalue weighted by atomic mass is 32.2. The number of carbonyl (C=O) groups excluding carboxylic acids is 1. The molecule has 6 nitrogen and oxygen atoms in total. The summed E-state index contributed by atoms with van der Waals surface area (Å²) in [6.07, 6.45) is 4.70. The summed E-state index contributed by atoms with van der Waals surface area (Å²) in [5, 5.41) is 4.32. The highest BCUT2D eigenvalue weighted by molar-refractivity contribution is 7.90. The average molecular weight is 369 g/mol. The first-order valence-electron chi connectivity index (χ1n) is 7.99. The molecular formula is C19H19N3O3S. The maximum Gasteiger partial charge on any atom is 0.253 e. The van der Waals surface area contributed by atoms with Gasteiger partial charge in [0.15, 0.2) is 9.84 Å². The number of hydrogen-bond acceptors (Lipinski definition) is 4. The Bertz CT molecular complexity index is 1030. The van der Waals surface area contributed by atoms with Gasteiger partial charge in [-0.05, 0) is 30.3 Å². The minimum absolute atomic E-state index is 0.133. The Balaban J connectivity index is 1.75. The van der Waals surface area contributed by atoms with Crippen LogP contribution in [-0.2, 0) is 16.4 Å². The number of amides is 1. The second-order valence-electron chi connectivity index (χ2n) is 6.09. The van der Waals surface area contributed by atoms with E-state index in [0.29, 0.717) is 12.1 Å². The molecule has 3 rings (SSSR count). The van der Waals surface area contributed by atoms with Gasteiger partial charge in [-0.1, -0.05) is 24.3 Å². The van der Waals surface area contributed by atoms with E-state index in [4.69, 9.17) is 0 Å². The van der Waals surface area contributed by atoms with Gasteiger partial charge in [-0.25, -0.2) is 13.1 Å². The summed E-state index contributed by atoms with van der Waals surface area (Å²) in [5.41, 5.74) is 2.16. The van der Waals surface area contributed by atoms with Gasteiger partial charge in [0.05, 0.1) is 16.8 Å². The fraction of sp³-hybridized carbons (Fsp3) is 0.158. The first-order valence-corrected chi connectivity index (χ1v) is 9.88. The monoisotopic (exact) mass is 369 g/mol. The van der Waals surface area contributed by atoms with Crippen molar-refractivity contribution in [3.8, 4) is 5.69 Å². The van der Waals surface area contributed by atoms with Crippen molar-refractivity contribution in [2.24, 2.45) is 0 Å². The summed E-state index contributed by atoms with van der Waals surface area (Å²) in [5.74, 6) is -0.247. The van der Waals surface area contributed by atoms with Gasteiger partial charge in [-0.2, -0.15) is 5.10 Å². The van der Waals surface area contributed by atoms with Crippen LogP contribution in [0.15, 0.2) is 71.9 Å². The maximum absolute atomic E-state index is 12.6. The molecule has 0 radical (unpaired) electrons. The van der Waals surface area contributed by atoms with E-state index in [1.807, 2.05) is 36.5 Å². The van der Waals surface area contributed by atoms with Gasteiger partial charge in [0, 0.05) is 37.2 Å². The van der Waals surface area contributed by atoms with Crippen LogP contribution in [0.4, 0.5) is 0 Å². The van der Waals surface area contributed by atoms with Crippen LogP contribution in [0.2, 0.25) is 0 Å². The molecule has 0 saturated carbocycles. The maximum atomic E-state index is 12.6. The second-order valence-corrected chi connectivity index (χ2v) is 8.11. The fourth-order valence-corrected chi connectivity index (χ4v) is 3.26. The summed E-state index contributed by atoms with van der Waals surface area (Å²) >= 11 is 0. The number of benzene rings is 2. The number of para-hydroxylation sites is 1. The number of sulfone groups is 1. The highest BCUT2D eigenvalue weighted by Crippen LogP contribution is 2.15. The van der Waals surface area contributed by atoms with Crippen molar-refractivity contribution in [2.45, 2.75) is 11.4 Å². The third-order valence-electron chi connectivity index (χ3n) is 3.93. The Morgan fingerprint density at radius 1 is 1.12 bits per heavy atom. The molecule has 1 heterocycles. The molecule has 0 bridgehead atoms. The standard InChI is InChI=1S/C19H19N3O3S/c1-21(19(23)16-7-6-10-18(11-16)26(2,24)25)13-15-12-20-22(14-15)17-8-4-3-5-9-17/h3-12,14H,13H2,1-2H3. The van der Waals surface area contributed by atoms with Gasteiger partial charge in [-0.3, -0.25) is 4.79 Å². The summed E-state index contributed by atoms with van der Waals surface area (Å²) in [7, 11) is -1.68. The van der Waals surface area contributed by atoms with Crippen molar-refractivity contribution in [3.63, 3.8) is 0 Å². The van der Waals surface area contributed by atoms with E-state index < -0.39 is 9.84 Å². The van der Waals surface area contributed by atoms with Crippen LogP contribution in [0.5, 0.6) is 0 Å². The normalized spacial score (nSPS) is 11.3. The van der Waals surface area contributed by atoms with E-state index in [0.717, 1.165) is 17.5 Å². The smallest absolute Gasteiger partial charge is 0.253 e. The lowest BCUT2D eigenvalue weighted by Crippen LogP contribution is -2.26. The molecule has 0 aliphatic rings. The molecule has 0 aliphatic carbocycles. The SMILES string of the molecule is CN(Cc1cnn(-c2ccccc2)c1)C(=O)c1cccc(S(C)(=O)=O)c1. The predicted molar refractivity (Wildman–Crippen MR) is 98.9 cm³/mol. The van der Waals surface area contributed by atoms with E-state index in [2.05, 4.69) is 5.10 Å². The zero-order valence-electron chi connectivity index (χ0n) is 14.5. The Morgan fingerprint density at radius 2 is 1.85 bits per heavy atom. The van der Waals surface area contributed by atoms with Crippen molar-refractivity contribution in [3.05, 3.63) is 78.1 Å². The van der Waals surface area contributed by atoms with Gasteiger partial charge in [0.1, 0.15) is 0 Å². The number of aromatic nitrogens is 2. The van der Waals surface area contributed by atoms with Gasteiger partial charge in [-0.15, -0.1) is 0 Å². The first-order chi connectivity index (χ1) is 12.3. The van der Waals surface area contributed by atoms with E-state index in [9.17, 15) is 13.2 Å². The summed E-state index contributed by atoms with van der Waals surface area (Å²) < 4.78 is 25.1. The molecular weight excluding hydrogens is 350 g/mol. The largest absolute Gasteiger partial charge is 0.337 e. The summed E-state index contributed by atoms with van der Waals surface area (Å²) in [6, 6.07) is 15.8. The van der Waals surface area contributed by atoms with Crippen LogP contribution < -0.4 is 0 Å². The van der Waals surface area contributed by atoms with Crippen LogP contribution in [-0.4, -0.2) is 42.3 Å². The molecule has 7 heteroatoms. The van der Waals surface area contributed by atoms with Gasteiger partial charge < -0.3 is 4.90 Å². The molecule has 0 saturated heterocycles. The van der Waals surface area contributed by atoms with E-state index in [-0.39, 0.29) is 10.8 Å². The van der Waals surface area contributed by atoms with Crippen LogP contribution in [0.3, 0.4) is 0 Å². The Hall–Kier alpha value is -2.93. The molecule has 134 valence electrons. The van der Waals surface area contributed by atoms with E-state index >= 15 is 0 Å². The Kier molecular flexibility index (Phi) is 4.90. The van der Waals surface area contributed by atoms with Crippen molar-refractivity contribution >= 4 is 15.7 Å². The molecule has 26 heavy (non-hydrogen) atoms. The molecule has 2 aromatic carbocycles. The third-order valence-corrected chi connectivity index (χ3v) is 5.04. The predicted octanol–water partition coefficient (Wildman–Crippen LogP) is 2.55. The number of nitrogens with zero attached hydrogens (tertiary/aromatic N) is 3. The van der Waals surface area contributed by atoms with Crippen LogP contribution >= 0.6 is 0 Å². The Morgan fingerprint density at radius 3 is 2.54 bits per heavy atom. The van der Waals surface area contributed by atoms with Crippen molar-refractivity contribution < 1.29 is 13.2 Å². The van der Waals surface area contributed by atoms with Gasteiger partial charge >= 0.3 is 0 Å². The average Bonchev–Trinajstić information content (AvgIpc) is 3.09. The van der Waals surface area contributed by atoms with Crippen molar-refractivity contribution in [1.29, 1.82) is 0 Å². The number of carbonyl (C=O) groups is 1.